The number of H-pyrrole nitrogens is 1. The lowest BCUT2D eigenvalue weighted by Gasteiger charge is -2.07. The minimum atomic E-state index is 0.577. The number of fused-ring (bicyclic) bond motifs is 1. The van der Waals surface area contributed by atoms with Crippen molar-refractivity contribution in [3.63, 3.8) is 0 Å². The lowest BCUT2D eigenvalue weighted by atomic mass is 10.2. The zero-order valence-corrected chi connectivity index (χ0v) is 13.1. The molecule has 0 radical (unpaired) electrons. The summed E-state index contributed by atoms with van der Waals surface area (Å²) in [5, 5.41) is 0.646. The minimum Gasteiger partial charge on any atom is -0.329 e. The van der Waals surface area contributed by atoms with Crippen molar-refractivity contribution in [1.29, 1.82) is 0 Å². The van der Waals surface area contributed by atoms with Gasteiger partial charge in [0, 0.05) is 10.7 Å². The van der Waals surface area contributed by atoms with Crippen LogP contribution in [-0.2, 0) is 0 Å². The molecule has 0 aliphatic rings. The van der Waals surface area contributed by atoms with Crippen LogP contribution in [0.2, 0.25) is 5.02 Å². The fourth-order valence-corrected chi connectivity index (χ4v) is 2.82. The molecule has 0 spiro atoms. The van der Waals surface area contributed by atoms with E-state index in [1.54, 1.807) is 6.20 Å². The van der Waals surface area contributed by atoms with Gasteiger partial charge in [-0.15, -0.1) is 0 Å². The van der Waals surface area contributed by atoms with Gasteiger partial charge in [0.15, 0.2) is 10.4 Å². The van der Waals surface area contributed by atoms with Crippen LogP contribution in [0, 0.1) is 11.7 Å². The van der Waals surface area contributed by atoms with Gasteiger partial charge in [0.05, 0.1) is 16.2 Å². The van der Waals surface area contributed by atoms with Crippen LogP contribution in [0.3, 0.4) is 0 Å². The largest absolute Gasteiger partial charge is 0.329 e. The highest BCUT2D eigenvalue weighted by Crippen LogP contribution is 2.26. The summed E-state index contributed by atoms with van der Waals surface area (Å²) in [7, 11) is 0. The molecular weight excluding hydrogens is 346 g/mol. The molecule has 2 heterocycles. The van der Waals surface area contributed by atoms with E-state index >= 15 is 0 Å². The molecule has 0 saturated carbocycles. The number of aryl methyl sites for hydroxylation is 1. The summed E-state index contributed by atoms with van der Waals surface area (Å²) < 4.78 is 3.33. The Morgan fingerprint density at radius 2 is 2.16 bits per heavy atom. The smallest absolute Gasteiger partial charge is 0.184 e. The van der Waals surface area contributed by atoms with Crippen LogP contribution in [0.5, 0.6) is 0 Å². The van der Waals surface area contributed by atoms with E-state index in [9.17, 15) is 0 Å². The molecule has 0 atom stereocenters. The number of nitrogens with one attached hydrogen (secondary N) is 1. The average molecular weight is 355 g/mol. The van der Waals surface area contributed by atoms with Crippen molar-refractivity contribution >= 4 is 50.9 Å². The van der Waals surface area contributed by atoms with Crippen molar-refractivity contribution in [3.05, 3.63) is 50.3 Å². The zero-order valence-electron chi connectivity index (χ0n) is 9.95. The van der Waals surface area contributed by atoms with E-state index in [4.69, 9.17) is 23.8 Å². The van der Waals surface area contributed by atoms with Gasteiger partial charge >= 0.3 is 0 Å². The van der Waals surface area contributed by atoms with E-state index in [0.717, 1.165) is 26.9 Å². The van der Waals surface area contributed by atoms with Crippen LogP contribution in [0.1, 0.15) is 5.56 Å². The fourth-order valence-electron chi connectivity index (χ4n) is 1.99. The number of rotatable bonds is 1. The minimum absolute atomic E-state index is 0.577. The quantitative estimate of drug-likeness (QED) is 0.636. The van der Waals surface area contributed by atoms with Crippen LogP contribution in [0.15, 0.2) is 34.9 Å². The highest BCUT2D eigenvalue weighted by Gasteiger charge is 2.11. The fraction of sp³-hybridized carbons (Fsp3) is 0.0769. The predicted octanol–water partition coefficient (Wildman–Crippen LogP) is 4.81. The average Bonchev–Trinajstić information content (AvgIpc) is 2.67. The third-order valence-corrected chi connectivity index (χ3v) is 3.87. The topological polar surface area (TPSA) is 33.6 Å². The number of hydrogen-bond donors (Lipinski definition) is 1. The summed E-state index contributed by atoms with van der Waals surface area (Å²) in [6.07, 6.45) is 1.74. The molecule has 0 fully saturated rings. The molecule has 96 valence electrons. The molecule has 1 N–H and O–H groups in total. The Kier molecular flexibility index (Phi) is 3.20. The summed E-state index contributed by atoms with van der Waals surface area (Å²) in [5.41, 5.74) is 3.60. The number of aromatic nitrogens is 3. The van der Waals surface area contributed by atoms with Crippen LogP contribution in [0.4, 0.5) is 0 Å². The Morgan fingerprint density at radius 3 is 2.95 bits per heavy atom. The number of pyridine rings is 1. The van der Waals surface area contributed by atoms with Crippen LogP contribution in [0.25, 0.3) is 16.9 Å². The SMILES string of the molecule is Cc1ccc(Cl)c(-n2c(=S)[nH]c3cc(Br)cnc32)c1. The first-order valence-electron chi connectivity index (χ1n) is 5.59. The highest BCUT2D eigenvalue weighted by atomic mass is 79.9. The molecule has 0 aliphatic carbocycles. The van der Waals surface area contributed by atoms with Crippen LogP contribution >= 0.6 is 39.7 Å². The molecule has 0 aliphatic heterocycles. The molecule has 6 heteroatoms. The van der Waals surface area contributed by atoms with E-state index in [0.29, 0.717) is 9.79 Å². The second-order valence-corrected chi connectivity index (χ2v) is 5.95. The molecule has 3 nitrogen and oxygen atoms in total. The summed E-state index contributed by atoms with van der Waals surface area (Å²) in [4.78, 5) is 7.55. The maximum Gasteiger partial charge on any atom is 0.184 e. The monoisotopic (exact) mass is 353 g/mol. The molecule has 2 aromatic heterocycles. The molecule has 0 amide bonds. The van der Waals surface area contributed by atoms with E-state index in [2.05, 4.69) is 25.9 Å². The van der Waals surface area contributed by atoms with Crippen molar-refractivity contribution in [2.75, 3.05) is 0 Å². The summed E-state index contributed by atoms with van der Waals surface area (Å²) in [5.74, 6) is 0. The summed E-state index contributed by atoms with van der Waals surface area (Å²) >= 11 is 15.0. The Labute approximate surface area is 128 Å². The van der Waals surface area contributed by atoms with Gasteiger partial charge in [-0.2, -0.15) is 0 Å². The number of aromatic amines is 1. The zero-order chi connectivity index (χ0) is 13.6. The third kappa shape index (κ3) is 2.22. The van der Waals surface area contributed by atoms with Crippen molar-refractivity contribution < 1.29 is 0 Å². The first kappa shape index (κ1) is 12.8. The molecule has 19 heavy (non-hydrogen) atoms. The van der Waals surface area contributed by atoms with E-state index in [-0.39, 0.29) is 0 Å². The lowest BCUT2D eigenvalue weighted by molar-refractivity contribution is 1.04. The molecule has 0 bridgehead atoms. The Hall–Kier alpha value is -1.17. The molecule has 0 unspecified atom stereocenters. The standard InChI is InChI=1S/C13H9BrClN3S/c1-7-2-3-9(15)11(4-7)18-12-10(17-13(18)19)5-8(14)6-16-12/h2-6H,1H3,(H,17,19). The van der Waals surface area contributed by atoms with Crippen molar-refractivity contribution in [2.24, 2.45) is 0 Å². The van der Waals surface area contributed by atoms with Gasteiger partial charge in [0.25, 0.3) is 0 Å². The Morgan fingerprint density at radius 1 is 1.37 bits per heavy atom. The number of benzene rings is 1. The van der Waals surface area contributed by atoms with Gasteiger partial charge in [0.1, 0.15) is 0 Å². The maximum atomic E-state index is 6.27. The van der Waals surface area contributed by atoms with Crippen LogP contribution in [-0.4, -0.2) is 14.5 Å². The predicted molar refractivity (Wildman–Crippen MR) is 83.7 cm³/mol. The molecule has 0 saturated heterocycles. The number of imidazole rings is 1. The van der Waals surface area contributed by atoms with Crippen LogP contribution < -0.4 is 0 Å². The number of hydrogen-bond acceptors (Lipinski definition) is 2. The second-order valence-electron chi connectivity index (χ2n) is 4.25. The summed E-state index contributed by atoms with van der Waals surface area (Å²) in [6.45, 7) is 2.02. The van der Waals surface area contributed by atoms with E-state index in [1.165, 1.54) is 0 Å². The number of halogens is 2. The molecule has 3 rings (SSSR count). The van der Waals surface area contributed by atoms with E-state index in [1.807, 2.05) is 35.8 Å². The Balaban J connectivity index is 2.39. The van der Waals surface area contributed by atoms with Crippen molar-refractivity contribution in [3.8, 4) is 5.69 Å². The van der Waals surface area contributed by atoms with Crippen molar-refractivity contribution in [2.45, 2.75) is 6.92 Å². The normalized spacial score (nSPS) is 11.1. The molecule has 1 aromatic carbocycles. The highest BCUT2D eigenvalue weighted by molar-refractivity contribution is 9.10. The Bertz CT molecular complexity index is 838. The summed E-state index contributed by atoms with van der Waals surface area (Å²) in [6, 6.07) is 7.77. The second kappa shape index (κ2) is 4.74. The third-order valence-electron chi connectivity index (χ3n) is 2.83. The molecular formula is C13H9BrClN3S. The van der Waals surface area contributed by atoms with Gasteiger partial charge < -0.3 is 4.98 Å². The first-order valence-corrected chi connectivity index (χ1v) is 7.17. The first-order chi connectivity index (χ1) is 9.06. The lowest BCUT2D eigenvalue weighted by Crippen LogP contribution is -1.97. The number of nitrogens with zero attached hydrogens (tertiary/aromatic N) is 2. The van der Waals surface area contributed by atoms with Gasteiger partial charge in [0.2, 0.25) is 0 Å². The van der Waals surface area contributed by atoms with Gasteiger partial charge in [-0.1, -0.05) is 17.7 Å². The van der Waals surface area contributed by atoms with E-state index < -0.39 is 0 Å². The molecule has 3 aromatic rings. The van der Waals surface area contributed by atoms with Gasteiger partial charge in [-0.3, -0.25) is 4.57 Å². The van der Waals surface area contributed by atoms with Gasteiger partial charge in [-0.25, -0.2) is 4.98 Å². The van der Waals surface area contributed by atoms with Gasteiger partial charge in [-0.05, 0) is 58.8 Å². The van der Waals surface area contributed by atoms with Crippen molar-refractivity contribution in [1.82, 2.24) is 14.5 Å². The maximum absolute atomic E-state index is 6.27.